The zero-order valence-corrected chi connectivity index (χ0v) is 21.6. The highest BCUT2D eigenvalue weighted by molar-refractivity contribution is 7.86. The molecular weight excluding hydrogens is 500 g/mol. The van der Waals surface area contributed by atoms with Crippen molar-refractivity contribution in [2.75, 3.05) is 4.72 Å². The van der Waals surface area contributed by atoms with Crippen molar-refractivity contribution < 1.29 is 17.9 Å². The van der Waals surface area contributed by atoms with Gasteiger partial charge in [-0.05, 0) is 60.4 Å². The summed E-state index contributed by atoms with van der Waals surface area (Å²) in [6, 6.07) is 21.0. The number of carbonyl (C=O) groups is 1. The number of carbonyl (C=O) groups excluding carboxylic acids is 1. The van der Waals surface area contributed by atoms with Crippen LogP contribution >= 0.6 is 0 Å². The maximum atomic E-state index is 13.5. The molecule has 5 aromatic rings. The predicted octanol–water partition coefficient (Wildman–Crippen LogP) is 5.90. The number of benzene rings is 3. The number of aryl methyl sites for hydroxylation is 1. The van der Waals surface area contributed by atoms with Crippen LogP contribution in [0.3, 0.4) is 0 Å². The second-order valence-electron chi connectivity index (χ2n) is 9.12. The first-order valence-electron chi connectivity index (χ1n) is 12.1. The minimum Gasteiger partial charge on any atom is -0.445 e. The second kappa shape index (κ2) is 9.75. The third-order valence-corrected chi connectivity index (χ3v) is 7.89. The van der Waals surface area contributed by atoms with Crippen LogP contribution in [0.1, 0.15) is 32.7 Å². The molecule has 0 fully saturated rings. The molecule has 190 valence electrons. The first-order valence-corrected chi connectivity index (χ1v) is 13.3. The van der Waals surface area contributed by atoms with Gasteiger partial charge in [0, 0.05) is 29.8 Å². The van der Waals surface area contributed by atoms with Crippen molar-refractivity contribution in [1.29, 1.82) is 0 Å². The Morgan fingerprint density at radius 2 is 1.79 bits per heavy atom. The lowest BCUT2D eigenvalue weighted by molar-refractivity contribution is 0.0767. The number of hydrogen-bond donors (Lipinski definition) is 1. The molecule has 1 N–H and O–H groups in total. The number of amides is 1. The molecule has 1 aliphatic heterocycles. The summed E-state index contributed by atoms with van der Waals surface area (Å²) in [5.41, 5.74) is 6.59. The summed E-state index contributed by atoms with van der Waals surface area (Å²) < 4.78 is 27.3. The van der Waals surface area contributed by atoms with Crippen molar-refractivity contribution >= 4 is 22.8 Å². The van der Waals surface area contributed by atoms with Gasteiger partial charge in [0.15, 0.2) is 11.0 Å². The molecule has 6 rings (SSSR count). The monoisotopic (exact) mass is 524 g/mol. The quantitative estimate of drug-likeness (QED) is 0.284. The number of nitrogens with one attached hydrogen (secondary N) is 1. The average molecular weight is 525 g/mol. The van der Waals surface area contributed by atoms with Crippen LogP contribution in [0, 0.1) is 13.8 Å². The number of oxazole rings is 1. The van der Waals surface area contributed by atoms with E-state index in [1.165, 1.54) is 6.26 Å². The van der Waals surface area contributed by atoms with Gasteiger partial charge in [-0.2, -0.15) is 0 Å². The van der Waals surface area contributed by atoms with E-state index in [0.717, 1.165) is 44.6 Å². The highest BCUT2D eigenvalue weighted by Crippen LogP contribution is 2.35. The zero-order valence-electron chi connectivity index (χ0n) is 20.8. The Morgan fingerprint density at radius 1 is 1.00 bits per heavy atom. The Bertz CT molecular complexity index is 1680. The van der Waals surface area contributed by atoms with Crippen LogP contribution in [0.15, 0.2) is 93.0 Å². The molecular formula is C29H24N4O4S. The van der Waals surface area contributed by atoms with Crippen LogP contribution in [-0.4, -0.2) is 25.2 Å². The van der Waals surface area contributed by atoms with Crippen molar-refractivity contribution in [3.8, 4) is 22.6 Å². The van der Waals surface area contributed by atoms with Crippen LogP contribution in [0.5, 0.6) is 0 Å². The molecule has 1 atom stereocenters. The van der Waals surface area contributed by atoms with Crippen molar-refractivity contribution in [1.82, 2.24) is 15.0 Å². The SMILES string of the molecule is Cc1noc(NS(=O)c2ccccc2-c2ccc(-c3ncco3)cc2CN2Cc3ccccc3C2=O)c1C. The number of rotatable bonds is 7. The van der Waals surface area contributed by atoms with Gasteiger partial charge in [-0.25, -0.2) is 9.19 Å². The zero-order chi connectivity index (χ0) is 26.2. The molecule has 3 aromatic carbocycles. The fraction of sp³-hybridized carbons (Fsp3) is 0.138. The molecule has 8 nitrogen and oxygen atoms in total. The van der Waals surface area contributed by atoms with Crippen LogP contribution in [0.2, 0.25) is 0 Å². The lowest BCUT2D eigenvalue weighted by atomic mass is 9.97. The van der Waals surface area contributed by atoms with E-state index in [2.05, 4.69) is 14.9 Å². The smallest absolute Gasteiger partial charge is 0.254 e. The maximum absolute atomic E-state index is 13.5. The Balaban J connectivity index is 1.40. The molecule has 1 unspecified atom stereocenters. The third kappa shape index (κ3) is 4.31. The highest BCUT2D eigenvalue weighted by Gasteiger charge is 2.28. The summed E-state index contributed by atoms with van der Waals surface area (Å²) in [5.74, 6) is 0.849. The molecule has 0 saturated carbocycles. The number of hydrogen-bond acceptors (Lipinski definition) is 6. The van der Waals surface area contributed by atoms with E-state index in [1.807, 2.05) is 85.5 Å². The van der Waals surface area contributed by atoms with Gasteiger partial charge in [0.25, 0.3) is 5.91 Å². The fourth-order valence-corrected chi connectivity index (χ4v) is 5.68. The van der Waals surface area contributed by atoms with Crippen molar-refractivity contribution in [2.45, 2.75) is 31.8 Å². The Kier molecular flexibility index (Phi) is 6.13. The van der Waals surface area contributed by atoms with Gasteiger partial charge in [-0.15, -0.1) is 0 Å². The number of aromatic nitrogens is 2. The summed E-state index contributed by atoms with van der Waals surface area (Å²) in [6.45, 7) is 4.59. The van der Waals surface area contributed by atoms with Gasteiger partial charge in [0.2, 0.25) is 11.8 Å². The molecule has 9 heteroatoms. The summed E-state index contributed by atoms with van der Waals surface area (Å²) in [7, 11) is -1.63. The van der Waals surface area contributed by atoms with Gasteiger partial charge < -0.3 is 13.8 Å². The average Bonchev–Trinajstić information content (AvgIpc) is 3.66. The van der Waals surface area contributed by atoms with Gasteiger partial charge in [-0.1, -0.05) is 47.6 Å². The number of fused-ring (bicyclic) bond motifs is 1. The van der Waals surface area contributed by atoms with Gasteiger partial charge >= 0.3 is 0 Å². The van der Waals surface area contributed by atoms with Crippen molar-refractivity contribution in [2.24, 2.45) is 0 Å². The van der Waals surface area contributed by atoms with E-state index in [1.54, 1.807) is 6.20 Å². The Morgan fingerprint density at radius 3 is 2.53 bits per heavy atom. The predicted molar refractivity (Wildman–Crippen MR) is 143 cm³/mol. The topological polar surface area (TPSA) is 101 Å². The largest absolute Gasteiger partial charge is 0.445 e. The van der Waals surface area contributed by atoms with E-state index in [9.17, 15) is 9.00 Å². The standard InChI is InChI=1S/C29H24N4O4S/c1-18-19(2)31-37-27(18)32-38(35)26-10-6-5-9-25(26)23-12-11-20(28-30-13-14-36-28)15-22(23)17-33-16-21-7-3-4-8-24(21)29(33)34/h3-15,32H,16-17H2,1-2H3. The van der Waals surface area contributed by atoms with Gasteiger partial charge in [0.05, 0.1) is 16.8 Å². The van der Waals surface area contributed by atoms with Crippen LogP contribution < -0.4 is 4.72 Å². The van der Waals surface area contributed by atoms with E-state index >= 15 is 0 Å². The van der Waals surface area contributed by atoms with E-state index in [-0.39, 0.29) is 5.91 Å². The first kappa shape index (κ1) is 23.9. The second-order valence-corrected chi connectivity index (χ2v) is 10.3. The lowest BCUT2D eigenvalue weighted by Gasteiger charge is -2.20. The summed E-state index contributed by atoms with van der Waals surface area (Å²) in [4.78, 5) is 19.9. The van der Waals surface area contributed by atoms with Crippen molar-refractivity contribution in [3.05, 3.63) is 107 Å². The Labute approximate surface area is 221 Å². The summed E-state index contributed by atoms with van der Waals surface area (Å²) in [5, 5.41) is 3.95. The molecule has 0 spiro atoms. The third-order valence-electron chi connectivity index (χ3n) is 6.76. The molecule has 3 heterocycles. The fourth-order valence-electron chi connectivity index (χ4n) is 4.63. The molecule has 2 aromatic heterocycles. The summed E-state index contributed by atoms with van der Waals surface area (Å²) >= 11 is 0. The highest BCUT2D eigenvalue weighted by atomic mass is 32.2. The molecule has 0 bridgehead atoms. The van der Waals surface area contributed by atoms with Gasteiger partial charge in [0.1, 0.15) is 6.26 Å². The van der Waals surface area contributed by atoms with Crippen molar-refractivity contribution in [3.63, 3.8) is 0 Å². The van der Waals surface area contributed by atoms with E-state index in [0.29, 0.717) is 29.8 Å². The van der Waals surface area contributed by atoms with Crippen LogP contribution in [0.4, 0.5) is 5.88 Å². The summed E-state index contributed by atoms with van der Waals surface area (Å²) in [6.07, 6.45) is 3.13. The molecule has 0 saturated heterocycles. The lowest BCUT2D eigenvalue weighted by Crippen LogP contribution is -2.23. The number of anilines is 1. The molecule has 0 radical (unpaired) electrons. The van der Waals surface area contributed by atoms with E-state index < -0.39 is 11.0 Å². The molecule has 1 amide bonds. The first-order chi connectivity index (χ1) is 18.5. The minimum absolute atomic E-state index is 0.0113. The normalized spacial score (nSPS) is 13.5. The number of nitrogens with zero attached hydrogens (tertiary/aromatic N) is 3. The maximum Gasteiger partial charge on any atom is 0.254 e. The van der Waals surface area contributed by atoms with Gasteiger partial charge in [-0.3, -0.25) is 9.52 Å². The van der Waals surface area contributed by atoms with Crippen LogP contribution in [0.25, 0.3) is 22.6 Å². The minimum atomic E-state index is -1.63. The molecule has 0 aliphatic carbocycles. The van der Waals surface area contributed by atoms with Crippen LogP contribution in [-0.2, 0) is 24.1 Å². The molecule has 38 heavy (non-hydrogen) atoms. The Hall–Kier alpha value is -4.50. The van der Waals surface area contributed by atoms with E-state index in [4.69, 9.17) is 8.94 Å². The molecule has 1 aliphatic rings.